The molecule has 0 unspecified atom stereocenters. The minimum Gasteiger partial charge on any atom is -0.349 e. The van der Waals surface area contributed by atoms with Crippen molar-refractivity contribution in [1.82, 2.24) is 20.5 Å². The molecule has 1 saturated heterocycles. The first-order chi connectivity index (χ1) is 9.47. The zero-order valence-corrected chi connectivity index (χ0v) is 13.2. The molecule has 4 amide bonds. The third-order valence-electron chi connectivity index (χ3n) is 3.39. The zero-order chi connectivity index (χ0) is 14.4. The van der Waals surface area contributed by atoms with E-state index in [0.717, 1.165) is 9.08 Å². The molecule has 106 valence electrons. The van der Waals surface area contributed by atoms with Gasteiger partial charge in [-0.2, -0.15) is 0 Å². The number of fused-ring (bicyclic) bond motifs is 1. The van der Waals surface area contributed by atoms with Crippen LogP contribution in [0, 0.1) is 0 Å². The average Bonchev–Trinajstić information content (AvgIpc) is 2.86. The summed E-state index contributed by atoms with van der Waals surface area (Å²) in [4.78, 5) is 34.6. The molecule has 7 nitrogen and oxygen atoms in total. The van der Waals surface area contributed by atoms with Crippen LogP contribution >= 0.6 is 31.9 Å². The Labute approximate surface area is 130 Å². The molecule has 0 saturated carbocycles. The maximum Gasteiger partial charge on any atom is 0.322 e. The molecule has 0 aliphatic carbocycles. The van der Waals surface area contributed by atoms with Crippen molar-refractivity contribution in [2.45, 2.75) is 18.5 Å². The van der Waals surface area contributed by atoms with Gasteiger partial charge < -0.3 is 15.2 Å². The lowest BCUT2D eigenvalue weighted by molar-refractivity contribution is -0.120. The summed E-state index contributed by atoms with van der Waals surface area (Å²) in [5, 5.41) is 7.55. The van der Waals surface area contributed by atoms with Gasteiger partial charge in [-0.05, 0) is 44.3 Å². The van der Waals surface area contributed by atoms with Gasteiger partial charge >= 0.3 is 6.03 Å². The number of carbonyl (C=O) groups is 3. The maximum absolute atomic E-state index is 11.8. The van der Waals surface area contributed by atoms with E-state index in [4.69, 9.17) is 0 Å². The van der Waals surface area contributed by atoms with Crippen LogP contribution in [0.4, 0.5) is 4.79 Å². The molecule has 0 aromatic carbocycles. The Morgan fingerprint density at radius 2 is 2.05 bits per heavy atom. The van der Waals surface area contributed by atoms with Crippen LogP contribution in [0.3, 0.4) is 0 Å². The number of nitrogens with one attached hydrogen (secondary N) is 3. The second kappa shape index (κ2) is 4.88. The van der Waals surface area contributed by atoms with Gasteiger partial charge in [0.2, 0.25) is 0 Å². The predicted molar refractivity (Wildman–Crippen MR) is 76.3 cm³/mol. The Morgan fingerprint density at radius 1 is 1.30 bits per heavy atom. The molecular formula is C11H10Br2N4O3. The molecular weight excluding hydrogens is 396 g/mol. The highest BCUT2D eigenvalue weighted by Crippen LogP contribution is 2.34. The SMILES string of the molecule is O=C1NC(=O)[C@@H](C[C@H]2CNC(=O)c3cc(Br)c(Br)n32)N1. The van der Waals surface area contributed by atoms with Crippen molar-refractivity contribution in [3.8, 4) is 0 Å². The van der Waals surface area contributed by atoms with Gasteiger partial charge in [0.25, 0.3) is 11.8 Å². The highest BCUT2D eigenvalue weighted by molar-refractivity contribution is 9.13. The third kappa shape index (κ3) is 2.14. The van der Waals surface area contributed by atoms with Crippen molar-refractivity contribution in [3.05, 3.63) is 20.8 Å². The van der Waals surface area contributed by atoms with Crippen LogP contribution < -0.4 is 16.0 Å². The van der Waals surface area contributed by atoms with E-state index in [1.165, 1.54) is 0 Å². The summed E-state index contributed by atoms with van der Waals surface area (Å²) in [5.41, 5.74) is 0.518. The number of hydrogen-bond donors (Lipinski definition) is 3. The van der Waals surface area contributed by atoms with Crippen LogP contribution in [0.1, 0.15) is 23.0 Å². The summed E-state index contributed by atoms with van der Waals surface area (Å²) in [6.07, 6.45) is 0.407. The topological polar surface area (TPSA) is 92.2 Å². The smallest absolute Gasteiger partial charge is 0.322 e. The van der Waals surface area contributed by atoms with E-state index in [9.17, 15) is 14.4 Å². The summed E-state index contributed by atoms with van der Waals surface area (Å²) in [6, 6.07) is 0.549. The number of aromatic nitrogens is 1. The van der Waals surface area contributed by atoms with Crippen molar-refractivity contribution in [2.24, 2.45) is 0 Å². The monoisotopic (exact) mass is 404 g/mol. The lowest BCUT2D eigenvalue weighted by Gasteiger charge is -2.28. The number of imide groups is 1. The van der Waals surface area contributed by atoms with Gasteiger partial charge in [0.15, 0.2) is 0 Å². The molecule has 3 rings (SSSR count). The molecule has 9 heteroatoms. The lowest BCUT2D eigenvalue weighted by atomic mass is 10.1. The molecule has 3 N–H and O–H groups in total. The Hall–Kier alpha value is -1.35. The summed E-state index contributed by atoms with van der Waals surface area (Å²) >= 11 is 6.80. The van der Waals surface area contributed by atoms with Crippen molar-refractivity contribution >= 4 is 49.7 Å². The second-order valence-corrected chi connectivity index (χ2v) is 6.26. The van der Waals surface area contributed by atoms with Crippen molar-refractivity contribution in [3.63, 3.8) is 0 Å². The lowest BCUT2D eigenvalue weighted by Crippen LogP contribution is -2.42. The highest BCUT2D eigenvalue weighted by atomic mass is 79.9. The molecule has 2 atom stereocenters. The van der Waals surface area contributed by atoms with Gasteiger partial charge in [-0.3, -0.25) is 14.9 Å². The number of carbonyl (C=O) groups excluding carboxylic acids is 3. The zero-order valence-electron chi connectivity index (χ0n) is 10.1. The first-order valence-corrected chi connectivity index (χ1v) is 7.51. The van der Waals surface area contributed by atoms with Gasteiger partial charge in [0.05, 0.1) is 15.1 Å². The van der Waals surface area contributed by atoms with Gasteiger partial charge in [0, 0.05) is 6.54 Å². The number of halogens is 2. The van der Waals surface area contributed by atoms with Gasteiger partial charge in [0.1, 0.15) is 11.7 Å². The number of amides is 4. The van der Waals surface area contributed by atoms with Crippen LogP contribution in [0.2, 0.25) is 0 Å². The van der Waals surface area contributed by atoms with Crippen molar-refractivity contribution in [1.29, 1.82) is 0 Å². The molecule has 3 heterocycles. The van der Waals surface area contributed by atoms with Crippen LogP contribution in [-0.2, 0) is 4.79 Å². The van der Waals surface area contributed by atoms with Gasteiger partial charge in [-0.15, -0.1) is 0 Å². The van der Waals surface area contributed by atoms with Crippen molar-refractivity contribution < 1.29 is 14.4 Å². The Balaban J connectivity index is 1.89. The minimum atomic E-state index is -0.580. The number of hydrogen-bond acceptors (Lipinski definition) is 3. The molecule has 0 radical (unpaired) electrons. The minimum absolute atomic E-state index is 0.113. The number of rotatable bonds is 2. The molecule has 20 heavy (non-hydrogen) atoms. The van der Waals surface area contributed by atoms with E-state index in [-0.39, 0.29) is 17.9 Å². The Morgan fingerprint density at radius 3 is 2.70 bits per heavy atom. The first-order valence-electron chi connectivity index (χ1n) is 5.93. The normalized spacial score (nSPS) is 25.0. The quantitative estimate of drug-likeness (QED) is 0.638. The summed E-state index contributed by atoms with van der Waals surface area (Å²) in [5.74, 6) is -0.497. The molecule has 2 aliphatic heterocycles. The van der Waals surface area contributed by atoms with Crippen molar-refractivity contribution in [2.75, 3.05) is 6.54 Å². The second-order valence-electron chi connectivity index (χ2n) is 4.65. The van der Waals surface area contributed by atoms with E-state index in [1.807, 2.05) is 4.57 Å². The Bertz CT molecular complexity index is 627. The van der Waals surface area contributed by atoms with E-state index in [1.54, 1.807) is 6.07 Å². The number of urea groups is 1. The fraction of sp³-hybridized carbons (Fsp3) is 0.364. The third-order valence-corrected chi connectivity index (χ3v) is 5.34. The molecule has 1 fully saturated rings. The van der Waals surface area contributed by atoms with Crippen LogP contribution in [0.25, 0.3) is 0 Å². The van der Waals surface area contributed by atoms with Gasteiger partial charge in [-0.25, -0.2) is 4.79 Å². The fourth-order valence-corrected chi connectivity index (χ4v) is 3.48. The predicted octanol–water partition coefficient (Wildman–Crippen LogP) is 0.896. The maximum atomic E-state index is 11.8. The molecule has 1 aromatic heterocycles. The fourth-order valence-electron chi connectivity index (χ4n) is 2.48. The standard InChI is InChI=1S/C11H10Br2N4O3/c12-5-2-7-10(19)14-3-4(17(7)8(5)13)1-6-9(18)16-11(20)15-6/h2,4,6H,1,3H2,(H,14,19)(H2,15,16,18,20)/t4-,6+/m0/s1. The summed E-state index contributed by atoms with van der Waals surface area (Å²) in [7, 11) is 0. The first kappa shape index (κ1) is 13.6. The number of nitrogens with zero attached hydrogens (tertiary/aromatic N) is 1. The van der Waals surface area contributed by atoms with E-state index in [2.05, 4.69) is 47.8 Å². The van der Waals surface area contributed by atoms with E-state index >= 15 is 0 Å². The molecule has 0 bridgehead atoms. The average molecular weight is 406 g/mol. The van der Waals surface area contributed by atoms with Crippen LogP contribution in [0.15, 0.2) is 15.1 Å². The van der Waals surface area contributed by atoms with Crippen LogP contribution in [0.5, 0.6) is 0 Å². The largest absolute Gasteiger partial charge is 0.349 e. The van der Waals surface area contributed by atoms with E-state index in [0.29, 0.717) is 18.7 Å². The molecule has 2 aliphatic rings. The molecule has 1 aromatic rings. The summed E-state index contributed by atoms with van der Waals surface area (Å²) in [6.45, 7) is 0.408. The van der Waals surface area contributed by atoms with E-state index < -0.39 is 12.1 Å². The van der Waals surface area contributed by atoms with Gasteiger partial charge in [-0.1, -0.05) is 0 Å². The van der Waals surface area contributed by atoms with Crippen LogP contribution in [-0.4, -0.2) is 35.0 Å². The highest BCUT2D eigenvalue weighted by Gasteiger charge is 2.35. The summed E-state index contributed by atoms with van der Waals surface area (Å²) < 4.78 is 3.35. The Kier molecular flexibility index (Phi) is 3.33. The molecule has 0 spiro atoms.